The highest BCUT2D eigenvalue weighted by molar-refractivity contribution is 7.92. The van der Waals surface area contributed by atoms with Crippen LogP contribution in [-0.2, 0) is 20.0 Å². The Hall–Kier alpha value is -2.63. The molecule has 36 heavy (non-hydrogen) atoms. The average molecular weight is 569 g/mol. The number of hydrogen-bond acceptors (Lipinski definition) is 5. The summed E-state index contributed by atoms with van der Waals surface area (Å²) in [7, 11) is -7.62. The van der Waals surface area contributed by atoms with Crippen LogP contribution < -0.4 is 10.0 Å². The van der Waals surface area contributed by atoms with Gasteiger partial charge in [0.2, 0.25) is 10.0 Å². The largest absolute Gasteiger partial charge is 0.322 e. The van der Waals surface area contributed by atoms with Crippen molar-refractivity contribution in [1.82, 2.24) is 4.31 Å². The van der Waals surface area contributed by atoms with E-state index in [0.717, 1.165) is 12.8 Å². The molecule has 0 aliphatic carbocycles. The van der Waals surface area contributed by atoms with Crippen molar-refractivity contribution in [3.63, 3.8) is 0 Å². The van der Waals surface area contributed by atoms with Crippen LogP contribution in [0, 0.1) is 6.92 Å². The Morgan fingerprint density at radius 3 is 2.14 bits per heavy atom. The van der Waals surface area contributed by atoms with Gasteiger partial charge >= 0.3 is 0 Å². The molecule has 2 N–H and O–H groups in total. The van der Waals surface area contributed by atoms with E-state index in [4.69, 9.17) is 23.2 Å². The molecule has 3 aromatic rings. The third kappa shape index (κ3) is 5.68. The first-order chi connectivity index (χ1) is 17.0. The van der Waals surface area contributed by atoms with Crippen molar-refractivity contribution in [3.05, 3.63) is 81.8 Å². The normalized spacial score (nSPS) is 14.5. The molecular formula is C24H23Cl2N3O5S2. The van der Waals surface area contributed by atoms with E-state index in [9.17, 15) is 21.6 Å². The fourth-order valence-corrected chi connectivity index (χ4v) is 6.91. The Kier molecular flexibility index (Phi) is 7.63. The van der Waals surface area contributed by atoms with Gasteiger partial charge in [-0.05, 0) is 79.9 Å². The first-order valence-electron chi connectivity index (χ1n) is 11.0. The van der Waals surface area contributed by atoms with E-state index in [-0.39, 0.29) is 26.1 Å². The lowest BCUT2D eigenvalue weighted by atomic mass is 10.1. The third-order valence-corrected chi connectivity index (χ3v) is 9.58. The first kappa shape index (κ1) is 26.4. The van der Waals surface area contributed by atoms with E-state index in [1.165, 1.54) is 58.9 Å². The van der Waals surface area contributed by atoms with Crippen molar-refractivity contribution in [3.8, 4) is 0 Å². The predicted octanol–water partition coefficient (Wildman–Crippen LogP) is 5.14. The van der Waals surface area contributed by atoms with Gasteiger partial charge in [0.1, 0.15) is 0 Å². The van der Waals surface area contributed by atoms with Gasteiger partial charge in [0.05, 0.1) is 20.5 Å². The van der Waals surface area contributed by atoms with E-state index >= 15 is 0 Å². The van der Waals surface area contributed by atoms with Gasteiger partial charge in [0.15, 0.2) is 0 Å². The number of hydrogen-bond donors (Lipinski definition) is 2. The monoisotopic (exact) mass is 567 g/mol. The quantitative estimate of drug-likeness (QED) is 0.410. The average Bonchev–Trinajstić information content (AvgIpc) is 3.37. The zero-order valence-corrected chi connectivity index (χ0v) is 22.3. The van der Waals surface area contributed by atoms with Crippen molar-refractivity contribution in [2.45, 2.75) is 29.6 Å². The second-order valence-corrected chi connectivity index (χ2v) is 12.8. The Morgan fingerprint density at radius 2 is 1.50 bits per heavy atom. The Balaban J connectivity index is 1.51. The fourth-order valence-electron chi connectivity index (χ4n) is 3.78. The van der Waals surface area contributed by atoms with Gasteiger partial charge in [0.25, 0.3) is 15.9 Å². The standard InChI is InChI=1S/C24H23Cl2N3O5S2/c1-16-4-8-20(36(33,34)29-12-2-3-13-29)15-21(16)24(30)27-18-6-9-19(10-7-18)35(31,32)28-23-11-5-17(25)14-22(23)26/h4-11,14-15,28H,2-3,12-13H2,1H3,(H,27,30). The van der Waals surface area contributed by atoms with Crippen LogP contribution >= 0.6 is 23.2 Å². The van der Waals surface area contributed by atoms with E-state index in [2.05, 4.69) is 10.0 Å². The number of benzene rings is 3. The minimum atomic E-state index is -3.94. The SMILES string of the molecule is Cc1ccc(S(=O)(=O)N2CCCC2)cc1C(=O)Nc1ccc(S(=O)(=O)Nc2ccc(Cl)cc2Cl)cc1. The summed E-state index contributed by atoms with van der Waals surface area (Å²) in [4.78, 5) is 13.0. The second-order valence-electron chi connectivity index (χ2n) is 8.30. The predicted molar refractivity (Wildman–Crippen MR) is 141 cm³/mol. The number of amides is 1. The number of aryl methyl sites for hydroxylation is 1. The van der Waals surface area contributed by atoms with Gasteiger partial charge < -0.3 is 5.32 Å². The summed E-state index contributed by atoms with van der Waals surface area (Å²) in [6.07, 6.45) is 1.62. The van der Waals surface area contributed by atoms with Crippen LogP contribution in [0.3, 0.4) is 0 Å². The highest BCUT2D eigenvalue weighted by Gasteiger charge is 2.28. The van der Waals surface area contributed by atoms with Crippen LogP contribution in [-0.4, -0.2) is 40.1 Å². The molecule has 1 saturated heterocycles. The molecule has 3 aromatic carbocycles. The van der Waals surface area contributed by atoms with Crippen LogP contribution in [0.15, 0.2) is 70.5 Å². The molecule has 1 aliphatic rings. The van der Waals surface area contributed by atoms with Crippen molar-refractivity contribution in [2.75, 3.05) is 23.1 Å². The molecule has 12 heteroatoms. The van der Waals surface area contributed by atoms with Gasteiger partial charge in [-0.3, -0.25) is 9.52 Å². The molecule has 0 bridgehead atoms. The molecule has 0 unspecified atom stereocenters. The highest BCUT2D eigenvalue weighted by atomic mass is 35.5. The van der Waals surface area contributed by atoms with Gasteiger partial charge in [-0.15, -0.1) is 0 Å². The van der Waals surface area contributed by atoms with Crippen molar-refractivity contribution in [2.24, 2.45) is 0 Å². The summed E-state index contributed by atoms with van der Waals surface area (Å²) in [5.41, 5.74) is 1.34. The lowest BCUT2D eigenvalue weighted by molar-refractivity contribution is 0.102. The molecule has 0 saturated carbocycles. The lowest BCUT2D eigenvalue weighted by Crippen LogP contribution is -2.28. The molecule has 8 nitrogen and oxygen atoms in total. The van der Waals surface area contributed by atoms with Gasteiger partial charge in [-0.2, -0.15) is 4.31 Å². The van der Waals surface area contributed by atoms with Crippen LogP contribution in [0.2, 0.25) is 10.0 Å². The molecule has 1 amide bonds. The maximum absolute atomic E-state index is 12.9. The first-order valence-corrected chi connectivity index (χ1v) is 14.7. The molecule has 1 fully saturated rings. The smallest absolute Gasteiger partial charge is 0.261 e. The topological polar surface area (TPSA) is 113 Å². The van der Waals surface area contributed by atoms with E-state index in [0.29, 0.717) is 29.4 Å². The number of nitrogens with zero attached hydrogens (tertiary/aromatic N) is 1. The molecule has 4 rings (SSSR count). The van der Waals surface area contributed by atoms with Crippen LogP contribution in [0.5, 0.6) is 0 Å². The molecule has 1 heterocycles. The summed E-state index contributed by atoms with van der Waals surface area (Å²) in [5.74, 6) is -0.507. The zero-order chi connectivity index (χ0) is 26.1. The van der Waals surface area contributed by atoms with Gasteiger partial charge in [-0.1, -0.05) is 29.3 Å². The molecule has 0 atom stereocenters. The molecule has 190 valence electrons. The molecule has 1 aliphatic heterocycles. The van der Waals surface area contributed by atoms with Crippen LogP contribution in [0.4, 0.5) is 11.4 Å². The highest BCUT2D eigenvalue weighted by Crippen LogP contribution is 2.28. The van der Waals surface area contributed by atoms with Crippen LogP contribution in [0.25, 0.3) is 0 Å². The fraction of sp³-hybridized carbons (Fsp3) is 0.208. The minimum Gasteiger partial charge on any atom is -0.322 e. The number of carbonyl (C=O) groups is 1. The summed E-state index contributed by atoms with van der Waals surface area (Å²) in [6, 6.07) is 14.4. The molecule has 0 radical (unpaired) electrons. The van der Waals surface area contributed by atoms with Crippen molar-refractivity contribution in [1.29, 1.82) is 0 Å². The van der Waals surface area contributed by atoms with Crippen molar-refractivity contribution < 1.29 is 21.6 Å². The zero-order valence-electron chi connectivity index (χ0n) is 19.2. The van der Waals surface area contributed by atoms with Gasteiger partial charge in [0, 0.05) is 29.4 Å². The minimum absolute atomic E-state index is 0.0404. The Labute approximate surface area is 220 Å². The number of carbonyl (C=O) groups excluding carboxylic acids is 1. The van der Waals surface area contributed by atoms with Gasteiger partial charge in [-0.25, -0.2) is 16.8 Å². The summed E-state index contributed by atoms with van der Waals surface area (Å²) >= 11 is 11.9. The summed E-state index contributed by atoms with van der Waals surface area (Å²) < 4.78 is 55.1. The van der Waals surface area contributed by atoms with E-state index in [1.807, 2.05) is 0 Å². The summed E-state index contributed by atoms with van der Waals surface area (Å²) in [6.45, 7) is 2.64. The number of anilines is 2. The maximum atomic E-state index is 12.9. The lowest BCUT2D eigenvalue weighted by Gasteiger charge is -2.17. The molecule has 0 spiro atoms. The van der Waals surface area contributed by atoms with Crippen molar-refractivity contribution >= 4 is 60.5 Å². The van der Waals surface area contributed by atoms with E-state index in [1.54, 1.807) is 13.0 Å². The summed E-state index contributed by atoms with van der Waals surface area (Å²) in [5, 5.41) is 3.22. The number of nitrogens with one attached hydrogen (secondary N) is 2. The Bertz CT molecular complexity index is 1520. The molecule has 0 aromatic heterocycles. The third-order valence-electron chi connectivity index (χ3n) is 5.75. The molecular weight excluding hydrogens is 545 g/mol. The number of rotatable bonds is 7. The van der Waals surface area contributed by atoms with Crippen LogP contribution in [0.1, 0.15) is 28.8 Å². The Morgan fingerprint density at radius 1 is 0.861 bits per heavy atom. The second kappa shape index (κ2) is 10.4. The van der Waals surface area contributed by atoms with E-state index < -0.39 is 26.0 Å². The maximum Gasteiger partial charge on any atom is 0.261 e. The number of halogens is 2. The number of sulfonamides is 2.